The Kier molecular flexibility index (Phi) is 6.86. The van der Waals surface area contributed by atoms with E-state index in [9.17, 15) is 14.4 Å². The number of rotatable bonds is 9. The van der Waals surface area contributed by atoms with Crippen LogP contribution in [-0.2, 0) is 27.4 Å². The number of aromatic nitrogens is 3. The van der Waals surface area contributed by atoms with E-state index in [0.717, 1.165) is 22.3 Å². The number of aliphatic carboxylic acids is 1. The summed E-state index contributed by atoms with van der Waals surface area (Å²) in [6, 6.07) is 15.2. The SMILES string of the molecule is CCC(NC(=O)Cn1cc(CNC(=O)OCC2c3ccccc3-c3ccccc32)nn1)C(=O)O. The minimum Gasteiger partial charge on any atom is -0.480 e. The molecule has 0 aliphatic heterocycles. The standard InChI is InChI=1S/C24H25N5O5/c1-2-21(23(31)32)26-22(30)13-29-12-15(27-28-29)11-25-24(33)34-14-20-18-9-5-3-7-16(18)17-8-4-6-10-19(17)20/h3-10,12,20-21H,2,11,13-14H2,1H3,(H,25,33)(H,26,30)(H,31,32). The van der Waals surface area contributed by atoms with Crippen molar-refractivity contribution in [1.29, 1.82) is 0 Å². The lowest BCUT2D eigenvalue weighted by molar-refractivity contribution is -0.142. The number of carboxylic acid groups (broad SMARTS) is 1. The highest BCUT2D eigenvalue weighted by Crippen LogP contribution is 2.44. The zero-order chi connectivity index (χ0) is 24.1. The van der Waals surface area contributed by atoms with E-state index in [4.69, 9.17) is 9.84 Å². The Morgan fingerprint density at radius 2 is 1.74 bits per heavy atom. The molecule has 2 aromatic carbocycles. The number of nitrogens with zero attached hydrogens (tertiary/aromatic N) is 3. The van der Waals surface area contributed by atoms with Gasteiger partial charge >= 0.3 is 12.1 Å². The van der Waals surface area contributed by atoms with E-state index in [2.05, 4.69) is 45.2 Å². The Bertz CT molecular complexity index is 1160. The normalized spacial score (nSPS) is 13.0. The third-order valence-electron chi connectivity index (χ3n) is 5.69. The number of carboxylic acids is 1. The fourth-order valence-electron chi connectivity index (χ4n) is 4.03. The summed E-state index contributed by atoms with van der Waals surface area (Å²) in [5.41, 5.74) is 5.01. The molecule has 4 rings (SSSR count). The van der Waals surface area contributed by atoms with Gasteiger partial charge in [0, 0.05) is 5.92 Å². The molecule has 0 radical (unpaired) electrons. The van der Waals surface area contributed by atoms with Crippen LogP contribution in [0, 0.1) is 0 Å². The van der Waals surface area contributed by atoms with Gasteiger partial charge in [0.2, 0.25) is 5.91 Å². The van der Waals surface area contributed by atoms with Gasteiger partial charge in [-0.1, -0.05) is 60.7 Å². The summed E-state index contributed by atoms with van der Waals surface area (Å²) in [6.45, 7) is 1.77. The van der Waals surface area contributed by atoms with Crippen LogP contribution in [0.4, 0.5) is 4.79 Å². The fourth-order valence-corrected chi connectivity index (χ4v) is 4.03. The number of carbonyl (C=O) groups is 3. The molecule has 1 heterocycles. The van der Waals surface area contributed by atoms with Gasteiger partial charge in [-0.25, -0.2) is 14.3 Å². The Morgan fingerprint density at radius 1 is 1.09 bits per heavy atom. The molecule has 3 N–H and O–H groups in total. The minimum atomic E-state index is -1.09. The number of ether oxygens (including phenoxy) is 1. The van der Waals surface area contributed by atoms with Crippen LogP contribution in [-0.4, -0.2) is 50.7 Å². The van der Waals surface area contributed by atoms with Crippen molar-refractivity contribution in [1.82, 2.24) is 25.6 Å². The Morgan fingerprint density at radius 3 is 2.35 bits per heavy atom. The second kappa shape index (κ2) is 10.2. The predicted octanol–water partition coefficient (Wildman–Crippen LogP) is 2.30. The van der Waals surface area contributed by atoms with E-state index >= 15 is 0 Å². The molecule has 3 aromatic rings. The van der Waals surface area contributed by atoms with Crippen LogP contribution in [0.5, 0.6) is 0 Å². The van der Waals surface area contributed by atoms with Crippen molar-refractivity contribution in [3.05, 3.63) is 71.5 Å². The van der Waals surface area contributed by atoms with Gasteiger partial charge < -0.3 is 20.5 Å². The molecule has 1 aromatic heterocycles. The van der Waals surface area contributed by atoms with Gasteiger partial charge in [-0.3, -0.25) is 4.79 Å². The van der Waals surface area contributed by atoms with E-state index in [1.165, 1.54) is 10.9 Å². The van der Waals surface area contributed by atoms with Gasteiger partial charge in [-0.2, -0.15) is 0 Å². The third-order valence-corrected chi connectivity index (χ3v) is 5.69. The molecule has 1 aliphatic carbocycles. The second-order valence-corrected chi connectivity index (χ2v) is 7.95. The highest BCUT2D eigenvalue weighted by atomic mass is 16.5. The molecule has 10 heteroatoms. The molecule has 1 aliphatic rings. The van der Waals surface area contributed by atoms with Crippen LogP contribution < -0.4 is 10.6 Å². The number of benzene rings is 2. The molecular formula is C24H25N5O5. The van der Waals surface area contributed by atoms with Crippen molar-refractivity contribution < 1.29 is 24.2 Å². The fraction of sp³-hybridized carbons (Fsp3) is 0.292. The Labute approximate surface area is 195 Å². The average Bonchev–Trinajstić information content (AvgIpc) is 3.41. The molecule has 1 atom stereocenters. The van der Waals surface area contributed by atoms with Crippen LogP contribution in [0.1, 0.15) is 36.1 Å². The summed E-state index contributed by atoms with van der Waals surface area (Å²) in [4.78, 5) is 35.3. The van der Waals surface area contributed by atoms with Crippen molar-refractivity contribution in [2.24, 2.45) is 0 Å². The first-order chi connectivity index (χ1) is 16.5. The number of carbonyl (C=O) groups excluding carboxylic acids is 2. The first-order valence-corrected chi connectivity index (χ1v) is 11.0. The molecule has 1 unspecified atom stereocenters. The molecule has 10 nitrogen and oxygen atoms in total. The lowest BCUT2D eigenvalue weighted by Crippen LogP contribution is -2.41. The molecule has 0 fully saturated rings. The monoisotopic (exact) mass is 463 g/mol. The van der Waals surface area contributed by atoms with Crippen molar-refractivity contribution in [3.8, 4) is 11.1 Å². The highest BCUT2D eigenvalue weighted by Gasteiger charge is 2.29. The third kappa shape index (κ3) is 5.06. The smallest absolute Gasteiger partial charge is 0.407 e. The molecule has 0 bridgehead atoms. The number of nitrogens with one attached hydrogen (secondary N) is 2. The number of hydrogen-bond donors (Lipinski definition) is 3. The first kappa shape index (κ1) is 23.0. The van der Waals surface area contributed by atoms with Gasteiger partial charge in [0.25, 0.3) is 0 Å². The molecule has 2 amide bonds. The van der Waals surface area contributed by atoms with Crippen molar-refractivity contribution in [2.75, 3.05) is 6.61 Å². The summed E-state index contributed by atoms with van der Waals surface area (Å²) in [6.07, 6.45) is 1.19. The van der Waals surface area contributed by atoms with Gasteiger partial charge in [-0.05, 0) is 28.7 Å². The van der Waals surface area contributed by atoms with Crippen molar-refractivity contribution >= 4 is 18.0 Å². The van der Waals surface area contributed by atoms with Crippen LogP contribution in [0.3, 0.4) is 0 Å². The maximum Gasteiger partial charge on any atom is 0.407 e. The summed E-state index contributed by atoms with van der Waals surface area (Å²) < 4.78 is 6.76. The second-order valence-electron chi connectivity index (χ2n) is 7.95. The first-order valence-electron chi connectivity index (χ1n) is 11.0. The zero-order valence-corrected chi connectivity index (χ0v) is 18.6. The Balaban J connectivity index is 1.27. The van der Waals surface area contributed by atoms with Crippen LogP contribution >= 0.6 is 0 Å². The maximum atomic E-state index is 12.3. The van der Waals surface area contributed by atoms with E-state index in [1.54, 1.807) is 6.92 Å². The molecule has 34 heavy (non-hydrogen) atoms. The lowest BCUT2D eigenvalue weighted by Gasteiger charge is -2.14. The summed E-state index contributed by atoms with van der Waals surface area (Å²) in [7, 11) is 0. The molecule has 0 saturated heterocycles. The van der Waals surface area contributed by atoms with Crippen LogP contribution in [0.25, 0.3) is 11.1 Å². The van der Waals surface area contributed by atoms with Crippen LogP contribution in [0.15, 0.2) is 54.7 Å². The van der Waals surface area contributed by atoms with E-state index in [-0.39, 0.29) is 32.0 Å². The minimum absolute atomic E-state index is 0.0321. The maximum absolute atomic E-state index is 12.3. The van der Waals surface area contributed by atoms with Gasteiger partial charge in [0.1, 0.15) is 24.9 Å². The quantitative estimate of drug-likeness (QED) is 0.443. The molecule has 0 spiro atoms. The van der Waals surface area contributed by atoms with Gasteiger partial charge in [0.05, 0.1) is 12.7 Å². The lowest BCUT2D eigenvalue weighted by atomic mass is 9.98. The summed E-state index contributed by atoms with van der Waals surface area (Å²) in [5, 5.41) is 21.8. The van der Waals surface area contributed by atoms with Crippen molar-refractivity contribution in [3.63, 3.8) is 0 Å². The number of amides is 2. The largest absolute Gasteiger partial charge is 0.480 e. The van der Waals surface area contributed by atoms with Gasteiger partial charge in [0.15, 0.2) is 0 Å². The van der Waals surface area contributed by atoms with Crippen molar-refractivity contribution in [2.45, 2.75) is 38.4 Å². The number of fused-ring (bicyclic) bond motifs is 3. The topological polar surface area (TPSA) is 135 Å². The van der Waals surface area contributed by atoms with E-state index in [0.29, 0.717) is 5.69 Å². The van der Waals surface area contributed by atoms with Gasteiger partial charge in [-0.15, -0.1) is 5.10 Å². The average molecular weight is 463 g/mol. The number of hydrogen-bond acceptors (Lipinski definition) is 6. The number of alkyl carbamates (subject to hydrolysis) is 1. The highest BCUT2D eigenvalue weighted by molar-refractivity contribution is 5.83. The van der Waals surface area contributed by atoms with E-state index in [1.807, 2.05) is 24.3 Å². The molecular weight excluding hydrogens is 438 g/mol. The predicted molar refractivity (Wildman–Crippen MR) is 122 cm³/mol. The summed E-state index contributed by atoms with van der Waals surface area (Å²) >= 11 is 0. The molecule has 176 valence electrons. The summed E-state index contributed by atoms with van der Waals surface area (Å²) in [5.74, 6) is -1.62. The zero-order valence-electron chi connectivity index (χ0n) is 18.6. The molecule has 0 saturated carbocycles. The van der Waals surface area contributed by atoms with E-state index < -0.39 is 24.0 Å². The Hall–Kier alpha value is -4.21. The van der Waals surface area contributed by atoms with Crippen LogP contribution in [0.2, 0.25) is 0 Å².